The average molecular weight is 524 g/mol. The van der Waals surface area contributed by atoms with E-state index < -0.39 is 11.0 Å². The summed E-state index contributed by atoms with van der Waals surface area (Å²) in [6, 6.07) is 10.7. The lowest BCUT2D eigenvalue weighted by atomic mass is 9.90. The molecule has 194 valence electrons. The molecule has 2 aromatic carbocycles. The fourth-order valence-corrected chi connectivity index (χ4v) is 5.05. The summed E-state index contributed by atoms with van der Waals surface area (Å²) in [5.41, 5.74) is 2.95. The molecule has 1 saturated carbocycles. The summed E-state index contributed by atoms with van der Waals surface area (Å²) in [6.07, 6.45) is 3.34. The molecule has 1 fully saturated rings. The molecule has 1 aliphatic rings. The number of carbonyl (C=O) groups excluding carboxylic acids is 2. The molecule has 10 nitrogen and oxygen atoms in total. The quantitative estimate of drug-likeness (QED) is 0.277. The Kier molecular flexibility index (Phi) is 8.34. The fraction of sp³-hybridized carbons (Fsp3) is 0.346. The molecular formula is C26H29N5O5S. The molecule has 0 spiro atoms. The van der Waals surface area contributed by atoms with Gasteiger partial charge in [-0.2, -0.15) is 0 Å². The fourth-order valence-electron chi connectivity index (χ4n) is 4.36. The van der Waals surface area contributed by atoms with Crippen LogP contribution in [0.4, 0.5) is 16.2 Å². The standard InChI is InChI=1S/C26H29N5O5S/c1-16-11-17(2)13-20(12-16)36-14-24-28-23(15-37-24)25(32)29-21-5-3-4-6-22(21)30-26(33)27-18-7-9-19(10-8-18)31(34)35/h7-13,15,21-22H,3-6,14H2,1-2H3,(H,29,32)(H2,27,30,33)/t21-,22+/m1/s1. The maximum Gasteiger partial charge on any atom is 0.319 e. The van der Waals surface area contributed by atoms with Crippen molar-refractivity contribution in [1.82, 2.24) is 15.6 Å². The molecule has 1 heterocycles. The Bertz CT molecular complexity index is 1260. The van der Waals surface area contributed by atoms with Crippen molar-refractivity contribution in [3.63, 3.8) is 0 Å². The topological polar surface area (TPSA) is 135 Å². The Morgan fingerprint density at radius 3 is 2.35 bits per heavy atom. The molecule has 37 heavy (non-hydrogen) atoms. The van der Waals surface area contributed by atoms with Crippen molar-refractivity contribution in [1.29, 1.82) is 0 Å². The van der Waals surface area contributed by atoms with Crippen LogP contribution in [0.15, 0.2) is 47.8 Å². The van der Waals surface area contributed by atoms with E-state index in [1.807, 2.05) is 26.0 Å². The van der Waals surface area contributed by atoms with Crippen LogP contribution >= 0.6 is 11.3 Å². The smallest absolute Gasteiger partial charge is 0.319 e. The highest BCUT2D eigenvalue weighted by Gasteiger charge is 2.29. The van der Waals surface area contributed by atoms with Gasteiger partial charge in [-0.3, -0.25) is 14.9 Å². The number of aromatic nitrogens is 1. The molecule has 1 aromatic heterocycles. The normalized spacial score (nSPS) is 17.0. The minimum Gasteiger partial charge on any atom is -0.486 e. The van der Waals surface area contributed by atoms with E-state index in [1.54, 1.807) is 5.38 Å². The number of amides is 3. The van der Waals surface area contributed by atoms with Crippen LogP contribution < -0.4 is 20.7 Å². The van der Waals surface area contributed by atoms with Crippen molar-refractivity contribution in [2.75, 3.05) is 5.32 Å². The first kappa shape index (κ1) is 26.1. The molecule has 0 unspecified atom stereocenters. The number of carbonyl (C=O) groups is 2. The van der Waals surface area contributed by atoms with E-state index in [1.165, 1.54) is 35.6 Å². The van der Waals surface area contributed by atoms with Crippen LogP contribution in [0, 0.1) is 24.0 Å². The molecule has 2 atom stereocenters. The van der Waals surface area contributed by atoms with Crippen LogP contribution in [0.5, 0.6) is 5.75 Å². The van der Waals surface area contributed by atoms with Crippen LogP contribution in [0.3, 0.4) is 0 Å². The lowest BCUT2D eigenvalue weighted by Gasteiger charge is -2.32. The van der Waals surface area contributed by atoms with E-state index in [0.29, 0.717) is 16.4 Å². The maximum absolute atomic E-state index is 12.9. The lowest BCUT2D eigenvalue weighted by molar-refractivity contribution is -0.384. The highest BCUT2D eigenvalue weighted by molar-refractivity contribution is 7.09. The highest BCUT2D eigenvalue weighted by Crippen LogP contribution is 2.22. The SMILES string of the molecule is Cc1cc(C)cc(OCc2nc(C(=O)N[C@@H]3CCCC[C@@H]3NC(=O)Nc3ccc([N+](=O)[O-])cc3)cs2)c1. The Hall–Kier alpha value is -3.99. The Morgan fingerprint density at radius 2 is 1.70 bits per heavy atom. The second kappa shape index (κ2) is 11.8. The summed E-state index contributed by atoms with van der Waals surface area (Å²) in [7, 11) is 0. The van der Waals surface area contributed by atoms with Gasteiger partial charge in [0.05, 0.1) is 11.0 Å². The van der Waals surface area contributed by atoms with Gasteiger partial charge in [-0.05, 0) is 62.1 Å². The number of ether oxygens (including phenoxy) is 1. The van der Waals surface area contributed by atoms with Crippen molar-refractivity contribution in [2.24, 2.45) is 0 Å². The van der Waals surface area contributed by atoms with Crippen molar-refractivity contribution in [2.45, 2.75) is 58.2 Å². The zero-order valence-corrected chi connectivity index (χ0v) is 21.5. The summed E-state index contributed by atoms with van der Waals surface area (Å²) in [5.74, 6) is 0.477. The van der Waals surface area contributed by atoms with Crippen molar-refractivity contribution >= 4 is 34.6 Å². The van der Waals surface area contributed by atoms with Crippen molar-refractivity contribution < 1.29 is 19.2 Å². The summed E-state index contributed by atoms with van der Waals surface area (Å²) >= 11 is 1.36. The van der Waals surface area contributed by atoms with Gasteiger partial charge in [0, 0.05) is 29.2 Å². The number of nitrogens with one attached hydrogen (secondary N) is 3. The van der Waals surface area contributed by atoms with Crippen LogP contribution in [0.2, 0.25) is 0 Å². The molecule has 1 aliphatic carbocycles. The number of anilines is 1. The molecule has 0 aliphatic heterocycles. The number of benzene rings is 2. The van der Waals surface area contributed by atoms with Gasteiger partial charge in [-0.1, -0.05) is 18.9 Å². The number of nitro groups is 1. The van der Waals surface area contributed by atoms with E-state index in [-0.39, 0.29) is 30.3 Å². The highest BCUT2D eigenvalue weighted by atomic mass is 32.1. The predicted molar refractivity (Wildman–Crippen MR) is 141 cm³/mol. The molecule has 0 radical (unpaired) electrons. The minimum absolute atomic E-state index is 0.0527. The van der Waals surface area contributed by atoms with Crippen LogP contribution in [0.1, 0.15) is 52.3 Å². The van der Waals surface area contributed by atoms with Crippen molar-refractivity contribution in [3.8, 4) is 5.75 Å². The number of nitrogens with zero attached hydrogens (tertiary/aromatic N) is 2. The van der Waals surface area contributed by atoms with Gasteiger partial charge in [0.2, 0.25) is 0 Å². The molecule has 0 saturated heterocycles. The molecule has 3 amide bonds. The van der Waals surface area contributed by atoms with E-state index in [0.717, 1.165) is 42.6 Å². The first-order chi connectivity index (χ1) is 17.8. The molecular weight excluding hydrogens is 494 g/mol. The second-order valence-electron chi connectivity index (χ2n) is 9.11. The Morgan fingerprint density at radius 1 is 1.05 bits per heavy atom. The number of nitro benzene ring substituents is 1. The van der Waals surface area contributed by atoms with Crippen LogP contribution in [-0.4, -0.2) is 33.9 Å². The van der Waals surface area contributed by atoms with Gasteiger partial charge in [-0.25, -0.2) is 9.78 Å². The number of urea groups is 1. The zero-order valence-electron chi connectivity index (χ0n) is 20.7. The number of non-ortho nitro benzene ring substituents is 1. The monoisotopic (exact) mass is 523 g/mol. The Balaban J connectivity index is 1.31. The first-order valence-corrected chi connectivity index (χ1v) is 12.9. The number of rotatable bonds is 8. The molecule has 3 N–H and O–H groups in total. The summed E-state index contributed by atoms with van der Waals surface area (Å²) in [6.45, 7) is 4.30. The number of thiazole rings is 1. The van der Waals surface area contributed by atoms with E-state index in [4.69, 9.17) is 4.74 Å². The molecule has 3 aromatic rings. The molecule has 11 heteroatoms. The second-order valence-corrected chi connectivity index (χ2v) is 10.1. The molecule has 4 rings (SSSR count). The van der Waals surface area contributed by atoms with E-state index >= 15 is 0 Å². The van der Waals surface area contributed by atoms with E-state index in [9.17, 15) is 19.7 Å². The van der Waals surface area contributed by atoms with Crippen LogP contribution in [-0.2, 0) is 6.61 Å². The van der Waals surface area contributed by atoms with Gasteiger partial charge in [0.25, 0.3) is 11.6 Å². The van der Waals surface area contributed by atoms with Gasteiger partial charge >= 0.3 is 6.03 Å². The maximum atomic E-state index is 12.9. The minimum atomic E-state index is -0.498. The van der Waals surface area contributed by atoms with Gasteiger partial charge < -0.3 is 20.7 Å². The van der Waals surface area contributed by atoms with Gasteiger partial charge in [0.1, 0.15) is 23.1 Å². The van der Waals surface area contributed by atoms with Crippen LogP contribution in [0.25, 0.3) is 0 Å². The van der Waals surface area contributed by atoms with E-state index in [2.05, 4.69) is 27.0 Å². The summed E-state index contributed by atoms with van der Waals surface area (Å²) < 4.78 is 5.85. The van der Waals surface area contributed by atoms with Gasteiger partial charge in [-0.15, -0.1) is 11.3 Å². The largest absolute Gasteiger partial charge is 0.486 e. The molecule has 0 bridgehead atoms. The number of aryl methyl sites for hydroxylation is 2. The summed E-state index contributed by atoms with van der Waals surface area (Å²) in [4.78, 5) is 40.2. The van der Waals surface area contributed by atoms with Crippen molar-refractivity contribution in [3.05, 3.63) is 79.8 Å². The number of hydrogen-bond donors (Lipinski definition) is 3. The first-order valence-electron chi connectivity index (χ1n) is 12.0. The van der Waals surface area contributed by atoms with Gasteiger partial charge in [0.15, 0.2) is 0 Å². The summed E-state index contributed by atoms with van der Waals surface area (Å²) in [5, 5.41) is 21.8. The zero-order chi connectivity index (χ0) is 26.4. The number of hydrogen-bond acceptors (Lipinski definition) is 7. The third-order valence-electron chi connectivity index (χ3n) is 6.08. The third-order valence-corrected chi connectivity index (χ3v) is 6.90. The average Bonchev–Trinajstić information content (AvgIpc) is 3.33. The predicted octanol–water partition coefficient (Wildman–Crippen LogP) is 5.11. The Labute approximate surface area is 218 Å². The lowest BCUT2D eigenvalue weighted by Crippen LogP contribution is -2.54. The third kappa shape index (κ3) is 7.26.